The normalized spacial score (nSPS) is 15.2. The molecule has 5 rings (SSSR count). The van der Waals surface area contributed by atoms with Gasteiger partial charge in [-0.05, 0) is 62.4 Å². The molecule has 1 aliphatic heterocycles. The van der Waals surface area contributed by atoms with E-state index in [0.29, 0.717) is 6.04 Å². The Hall–Kier alpha value is -3.32. The van der Waals surface area contributed by atoms with Gasteiger partial charge in [0.25, 0.3) is 0 Å². The first kappa shape index (κ1) is 19.6. The molecule has 0 aliphatic carbocycles. The minimum absolute atomic E-state index is 0.265. The highest BCUT2D eigenvalue weighted by Gasteiger charge is 2.22. The summed E-state index contributed by atoms with van der Waals surface area (Å²) in [5, 5.41) is 4.98. The SMILES string of the molecule is CC(C)N1CCN(c2ccc3nc(-c4ccc(F)cc4)c(-c4ccncc4)n3n2)CC1. The molecule has 0 amide bonds. The van der Waals surface area contributed by atoms with E-state index in [9.17, 15) is 4.39 Å². The van der Waals surface area contributed by atoms with E-state index in [1.807, 2.05) is 28.8 Å². The van der Waals surface area contributed by atoms with Gasteiger partial charge in [-0.25, -0.2) is 13.9 Å². The standard InChI is InChI=1S/C24H25FN6/c1-17(2)29-13-15-30(16-14-29)22-8-7-21-27-23(18-3-5-20(25)6-4-18)24(31(21)28-22)19-9-11-26-12-10-19/h3-12,17H,13-16H2,1-2H3. The van der Waals surface area contributed by atoms with Crippen molar-refractivity contribution in [3.8, 4) is 22.5 Å². The number of benzene rings is 1. The number of fused-ring (bicyclic) bond motifs is 1. The molecule has 7 heteroatoms. The Balaban J connectivity index is 1.60. The van der Waals surface area contributed by atoms with Crippen molar-refractivity contribution in [1.29, 1.82) is 0 Å². The summed E-state index contributed by atoms with van der Waals surface area (Å²) in [5.74, 6) is 0.674. The summed E-state index contributed by atoms with van der Waals surface area (Å²) >= 11 is 0. The number of anilines is 1. The number of aromatic nitrogens is 4. The van der Waals surface area contributed by atoms with Gasteiger partial charge in [0, 0.05) is 55.7 Å². The number of nitrogens with zero attached hydrogens (tertiary/aromatic N) is 6. The van der Waals surface area contributed by atoms with E-state index in [1.165, 1.54) is 12.1 Å². The molecule has 3 aromatic heterocycles. The number of pyridine rings is 1. The third-order valence-electron chi connectivity index (χ3n) is 5.90. The van der Waals surface area contributed by atoms with Crippen molar-refractivity contribution in [1.82, 2.24) is 24.5 Å². The van der Waals surface area contributed by atoms with Crippen molar-refractivity contribution in [3.63, 3.8) is 0 Å². The van der Waals surface area contributed by atoms with Crippen molar-refractivity contribution < 1.29 is 4.39 Å². The molecular formula is C24H25FN6. The van der Waals surface area contributed by atoms with E-state index >= 15 is 0 Å². The number of rotatable bonds is 4. The summed E-state index contributed by atoms with van der Waals surface area (Å²) in [4.78, 5) is 13.8. The summed E-state index contributed by atoms with van der Waals surface area (Å²) in [7, 11) is 0. The third-order valence-corrected chi connectivity index (χ3v) is 5.90. The molecule has 0 atom stereocenters. The monoisotopic (exact) mass is 416 g/mol. The predicted octanol–water partition coefficient (Wildman–Crippen LogP) is 4.13. The minimum Gasteiger partial charge on any atom is -0.353 e. The summed E-state index contributed by atoms with van der Waals surface area (Å²) in [6, 6.07) is 14.9. The van der Waals surface area contributed by atoms with Crippen LogP contribution >= 0.6 is 0 Å². The lowest BCUT2D eigenvalue weighted by Crippen LogP contribution is -2.49. The summed E-state index contributed by atoms with van der Waals surface area (Å²) in [6.45, 7) is 8.42. The number of halogens is 1. The molecule has 1 fully saturated rings. The molecule has 4 heterocycles. The van der Waals surface area contributed by atoms with E-state index in [-0.39, 0.29) is 5.82 Å². The Morgan fingerprint density at radius 1 is 0.839 bits per heavy atom. The van der Waals surface area contributed by atoms with E-state index in [4.69, 9.17) is 10.1 Å². The van der Waals surface area contributed by atoms with Crippen LogP contribution < -0.4 is 4.90 Å². The molecule has 31 heavy (non-hydrogen) atoms. The van der Waals surface area contributed by atoms with Crippen LogP contribution in [0.1, 0.15) is 13.8 Å². The zero-order valence-corrected chi connectivity index (χ0v) is 17.7. The van der Waals surface area contributed by atoms with Crippen LogP contribution in [0.2, 0.25) is 0 Å². The van der Waals surface area contributed by atoms with E-state index < -0.39 is 0 Å². The fourth-order valence-corrected chi connectivity index (χ4v) is 4.14. The van der Waals surface area contributed by atoms with Crippen molar-refractivity contribution >= 4 is 11.5 Å². The lowest BCUT2D eigenvalue weighted by Gasteiger charge is -2.37. The van der Waals surface area contributed by atoms with Gasteiger partial charge in [-0.1, -0.05) is 0 Å². The van der Waals surface area contributed by atoms with Gasteiger partial charge < -0.3 is 4.90 Å². The molecule has 0 spiro atoms. The smallest absolute Gasteiger partial charge is 0.155 e. The third kappa shape index (κ3) is 3.77. The second-order valence-corrected chi connectivity index (χ2v) is 8.13. The van der Waals surface area contributed by atoms with Crippen molar-refractivity contribution in [2.45, 2.75) is 19.9 Å². The van der Waals surface area contributed by atoms with Crippen molar-refractivity contribution in [2.24, 2.45) is 0 Å². The van der Waals surface area contributed by atoms with Crippen LogP contribution in [-0.2, 0) is 0 Å². The summed E-state index contributed by atoms with van der Waals surface area (Å²) in [5.41, 5.74) is 4.24. The molecule has 0 unspecified atom stereocenters. The zero-order valence-electron chi connectivity index (χ0n) is 17.7. The highest BCUT2D eigenvalue weighted by Crippen LogP contribution is 2.32. The van der Waals surface area contributed by atoms with E-state index in [2.05, 4.69) is 28.6 Å². The average molecular weight is 417 g/mol. The largest absolute Gasteiger partial charge is 0.353 e. The van der Waals surface area contributed by atoms with Gasteiger partial charge in [-0.3, -0.25) is 9.88 Å². The van der Waals surface area contributed by atoms with Crippen molar-refractivity contribution in [3.05, 3.63) is 66.7 Å². The maximum absolute atomic E-state index is 13.5. The number of imidazole rings is 1. The van der Waals surface area contributed by atoms with Crippen LogP contribution in [0.15, 0.2) is 60.9 Å². The first-order chi connectivity index (χ1) is 15.1. The summed E-state index contributed by atoms with van der Waals surface area (Å²) in [6.07, 6.45) is 3.52. The average Bonchev–Trinajstić information content (AvgIpc) is 3.19. The highest BCUT2D eigenvalue weighted by molar-refractivity contribution is 5.81. The first-order valence-corrected chi connectivity index (χ1v) is 10.7. The zero-order chi connectivity index (χ0) is 21.4. The van der Waals surface area contributed by atoms with Gasteiger partial charge in [-0.2, -0.15) is 0 Å². The molecule has 158 valence electrons. The quantitative estimate of drug-likeness (QED) is 0.501. The molecule has 0 radical (unpaired) electrons. The van der Waals surface area contributed by atoms with Crippen molar-refractivity contribution in [2.75, 3.05) is 31.1 Å². The fraction of sp³-hybridized carbons (Fsp3) is 0.292. The Morgan fingerprint density at radius 2 is 1.55 bits per heavy atom. The number of piperazine rings is 1. The maximum atomic E-state index is 13.5. The molecule has 6 nitrogen and oxygen atoms in total. The Bertz CT molecular complexity index is 1180. The number of hydrogen-bond acceptors (Lipinski definition) is 5. The number of hydrogen-bond donors (Lipinski definition) is 0. The molecule has 1 saturated heterocycles. The van der Waals surface area contributed by atoms with Crippen LogP contribution in [-0.4, -0.2) is 56.7 Å². The van der Waals surface area contributed by atoms with Gasteiger partial charge in [-0.15, -0.1) is 5.10 Å². The Kier molecular flexibility index (Phi) is 5.11. The van der Waals surface area contributed by atoms with Gasteiger partial charge in [0.1, 0.15) is 17.3 Å². The molecule has 1 aromatic carbocycles. The lowest BCUT2D eigenvalue weighted by molar-refractivity contribution is 0.209. The molecule has 1 aliphatic rings. The lowest BCUT2D eigenvalue weighted by atomic mass is 10.1. The molecule has 0 saturated carbocycles. The van der Waals surface area contributed by atoms with Gasteiger partial charge in [0.15, 0.2) is 5.65 Å². The molecular weight excluding hydrogens is 391 g/mol. The Labute approximate surface area is 181 Å². The maximum Gasteiger partial charge on any atom is 0.155 e. The van der Waals surface area contributed by atoms with Crippen LogP contribution in [0, 0.1) is 5.82 Å². The predicted molar refractivity (Wildman–Crippen MR) is 121 cm³/mol. The second kappa shape index (κ2) is 8.07. The Morgan fingerprint density at radius 3 is 2.23 bits per heavy atom. The molecule has 0 N–H and O–H groups in total. The highest BCUT2D eigenvalue weighted by atomic mass is 19.1. The van der Waals surface area contributed by atoms with Crippen LogP contribution in [0.25, 0.3) is 28.2 Å². The summed E-state index contributed by atoms with van der Waals surface area (Å²) < 4.78 is 15.4. The first-order valence-electron chi connectivity index (χ1n) is 10.7. The van der Waals surface area contributed by atoms with Crippen LogP contribution in [0.4, 0.5) is 10.2 Å². The van der Waals surface area contributed by atoms with E-state index in [1.54, 1.807) is 24.5 Å². The molecule has 0 bridgehead atoms. The second-order valence-electron chi connectivity index (χ2n) is 8.13. The van der Waals surface area contributed by atoms with E-state index in [0.717, 1.165) is 60.2 Å². The topological polar surface area (TPSA) is 49.6 Å². The van der Waals surface area contributed by atoms with Gasteiger partial charge >= 0.3 is 0 Å². The van der Waals surface area contributed by atoms with Gasteiger partial charge in [0.05, 0.1) is 5.69 Å². The van der Waals surface area contributed by atoms with Crippen LogP contribution in [0.5, 0.6) is 0 Å². The van der Waals surface area contributed by atoms with Crippen LogP contribution in [0.3, 0.4) is 0 Å². The fourth-order valence-electron chi connectivity index (χ4n) is 4.14. The minimum atomic E-state index is -0.265. The van der Waals surface area contributed by atoms with Gasteiger partial charge in [0.2, 0.25) is 0 Å². The molecule has 4 aromatic rings.